The lowest BCUT2D eigenvalue weighted by atomic mass is 9.90. The third kappa shape index (κ3) is 5.78. The summed E-state index contributed by atoms with van der Waals surface area (Å²) in [7, 11) is -3.53. The normalized spacial score (nSPS) is 18.2. The van der Waals surface area contributed by atoms with Crippen LogP contribution in [0.25, 0.3) is 0 Å². The van der Waals surface area contributed by atoms with E-state index in [2.05, 4.69) is 18.3 Å². The fourth-order valence-corrected chi connectivity index (χ4v) is 4.65. The summed E-state index contributed by atoms with van der Waals surface area (Å²) < 4.78 is 27.2. The van der Waals surface area contributed by atoms with Gasteiger partial charge < -0.3 is 5.32 Å². The fraction of sp³-hybridized carbons (Fsp3) is 0.619. The maximum atomic E-state index is 12.9. The molecule has 1 atom stereocenters. The minimum atomic E-state index is -3.53. The van der Waals surface area contributed by atoms with Crippen LogP contribution in [0.5, 0.6) is 0 Å². The number of nitrogens with zero attached hydrogens (tertiary/aromatic N) is 3. The second kappa shape index (κ2) is 9.70. The van der Waals surface area contributed by atoms with Crippen molar-refractivity contribution in [3.63, 3.8) is 0 Å². The first kappa shape index (κ1) is 23.3. The molecular formula is C21H32N4O3S. The van der Waals surface area contributed by atoms with Crippen LogP contribution in [0, 0.1) is 17.2 Å². The molecule has 160 valence electrons. The maximum absolute atomic E-state index is 12.9. The number of sulfonamides is 1. The molecule has 1 heterocycles. The number of benzene rings is 1. The Bertz CT molecular complexity index is 838. The zero-order valence-corrected chi connectivity index (χ0v) is 18.6. The number of carbonyl (C=O) groups is 1. The highest BCUT2D eigenvalue weighted by atomic mass is 32.2. The van der Waals surface area contributed by atoms with Gasteiger partial charge in [-0.25, -0.2) is 8.42 Å². The Kier molecular flexibility index (Phi) is 7.80. The molecular weight excluding hydrogens is 388 g/mol. The number of rotatable bonds is 8. The Morgan fingerprint density at radius 3 is 2.28 bits per heavy atom. The summed E-state index contributed by atoms with van der Waals surface area (Å²) in [6, 6.07) is 9.26. The molecule has 0 saturated carbocycles. The quantitative estimate of drug-likeness (QED) is 0.694. The van der Waals surface area contributed by atoms with E-state index in [0.29, 0.717) is 31.1 Å². The number of nitrogens with one attached hydrogen (secondary N) is 1. The topological polar surface area (TPSA) is 93.5 Å². The standard InChI is InChI=1S/C21H32N4O3S/c1-5-6-18-7-9-19(10-8-18)29(27,28)25-13-11-24(12-14-25)15-20(26)23-21(4,16-22)17(2)3/h7-10,17H,5-6,11-15H2,1-4H3,(H,23,26)/t21-/m1/s1. The Morgan fingerprint density at radius 2 is 1.79 bits per heavy atom. The molecule has 0 unspecified atom stereocenters. The predicted molar refractivity (Wildman–Crippen MR) is 113 cm³/mol. The summed E-state index contributed by atoms with van der Waals surface area (Å²) in [6.07, 6.45) is 1.95. The van der Waals surface area contributed by atoms with E-state index in [-0.39, 0.29) is 18.4 Å². The van der Waals surface area contributed by atoms with Crippen LogP contribution in [0.1, 0.15) is 39.7 Å². The summed E-state index contributed by atoms with van der Waals surface area (Å²) in [5, 5.41) is 12.1. The number of hydrogen-bond acceptors (Lipinski definition) is 5. The van der Waals surface area contributed by atoms with Crippen LogP contribution in [0.2, 0.25) is 0 Å². The highest BCUT2D eigenvalue weighted by molar-refractivity contribution is 7.89. The van der Waals surface area contributed by atoms with Crippen LogP contribution >= 0.6 is 0 Å². The average Bonchev–Trinajstić information content (AvgIpc) is 2.68. The molecule has 1 saturated heterocycles. The summed E-state index contributed by atoms with van der Waals surface area (Å²) in [5.41, 5.74) is 0.222. The summed E-state index contributed by atoms with van der Waals surface area (Å²) >= 11 is 0. The van der Waals surface area contributed by atoms with Gasteiger partial charge in [-0.15, -0.1) is 0 Å². The van der Waals surface area contributed by atoms with E-state index in [9.17, 15) is 18.5 Å². The molecule has 1 aliphatic rings. The Labute approximate surface area is 174 Å². The van der Waals surface area contributed by atoms with Gasteiger partial charge in [0.05, 0.1) is 17.5 Å². The SMILES string of the molecule is CCCc1ccc(S(=O)(=O)N2CCN(CC(=O)N[C@](C)(C#N)C(C)C)CC2)cc1. The van der Waals surface area contributed by atoms with Crippen LogP contribution in [0.4, 0.5) is 0 Å². The third-order valence-corrected chi connectivity index (χ3v) is 7.50. The summed E-state index contributed by atoms with van der Waals surface area (Å²) in [5.74, 6) is -0.229. The van der Waals surface area contributed by atoms with E-state index < -0.39 is 15.6 Å². The first-order valence-electron chi connectivity index (χ1n) is 10.2. The molecule has 1 fully saturated rings. The van der Waals surface area contributed by atoms with Crippen molar-refractivity contribution in [1.82, 2.24) is 14.5 Å². The van der Waals surface area contributed by atoms with Crippen LogP contribution in [0.15, 0.2) is 29.2 Å². The van der Waals surface area contributed by atoms with E-state index in [1.807, 2.05) is 30.9 Å². The van der Waals surface area contributed by atoms with Crippen molar-refractivity contribution < 1.29 is 13.2 Å². The van der Waals surface area contributed by atoms with Crippen molar-refractivity contribution in [2.24, 2.45) is 5.92 Å². The molecule has 0 radical (unpaired) electrons. The van der Waals surface area contributed by atoms with E-state index in [1.165, 1.54) is 4.31 Å². The zero-order chi connectivity index (χ0) is 21.7. The van der Waals surface area contributed by atoms with Crippen molar-refractivity contribution in [1.29, 1.82) is 5.26 Å². The van der Waals surface area contributed by atoms with Crippen LogP contribution in [0.3, 0.4) is 0 Å². The van der Waals surface area contributed by atoms with E-state index >= 15 is 0 Å². The fourth-order valence-electron chi connectivity index (χ4n) is 3.23. The number of nitriles is 1. The first-order valence-corrected chi connectivity index (χ1v) is 11.6. The van der Waals surface area contributed by atoms with Crippen molar-refractivity contribution in [2.45, 2.75) is 51.0 Å². The zero-order valence-electron chi connectivity index (χ0n) is 17.8. The second-order valence-electron chi connectivity index (χ2n) is 8.09. The largest absolute Gasteiger partial charge is 0.337 e. The van der Waals surface area contributed by atoms with Gasteiger partial charge in [0.2, 0.25) is 15.9 Å². The number of piperazine rings is 1. The van der Waals surface area contributed by atoms with Crippen LogP contribution in [-0.4, -0.2) is 61.8 Å². The lowest BCUT2D eigenvalue weighted by Crippen LogP contribution is -2.55. The summed E-state index contributed by atoms with van der Waals surface area (Å²) in [6.45, 7) is 9.38. The molecule has 1 amide bonds. The molecule has 1 aromatic carbocycles. The molecule has 0 spiro atoms. The van der Waals surface area contributed by atoms with Gasteiger partial charge in [0.1, 0.15) is 5.54 Å². The van der Waals surface area contributed by atoms with Gasteiger partial charge in [-0.3, -0.25) is 9.69 Å². The average molecular weight is 421 g/mol. The number of carbonyl (C=O) groups excluding carboxylic acids is 1. The number of hydrogen-bond donors (Lipinski definition) is 1. The van der Waals surface area contributed by atoms with Crippen LogP contribution < -0.4 is 5.32 Å². The lowest BCUT2D eigenvalue weighted by Gasteiger charge is -2.34. The smallest absolute Gasteiger partial charge is 0.243 e. The van der Waals surface area contributed by atoms with Gasteiger partial charge in [0, 0.05) is 26.2 Å². The third-order valence-electron chi connectivity index (χ3n) is 5.58. The van der Waals surface area contributed by atoms with E-state index in [4.69, 9.17) is 0 Å². The molecule has 0 aromatic heterocycles. The van der Waals surface area contributed by atoms with Gasteiger partial charge in [-0.2, -0.15) is 9.57 Å². The molecule has 1 N–H and O–H groups in total. The van der Waals surface area contributed by atoms with Gasteiger partial charge in [-0.05, 0) is 37.0 Å². The molecule has 0 bridgehead atoms. The van der Waals surface area contributed by atoms with Gasteiger partial charge >= 0.3 is 0 Å². The Morgan fingerprint density at radius 1 is 1.21 bits per heavy atom. The van der Waals surface area contributed by atoms with Crippen LogP contribution in [-0.2, 0) is 21.2 Å². The molecule has 7 nitrogen and oxygen atoms in total. The molecule has 0 aliphatic carbocycles. The lowest BCUT2D eigenvalue weighted by molar-refractivity contribution is -0.124. The van der Waals surface area contributed by atoms with Crippen molar-refractivity contribution in [2.75, 3.05) is 32.7 Å². The van der Waals surface area contributed by atoms with E-state index in [1.54, 1.807) is 19.1 Å². The van der Waals surface area contributed by atoms with Crippen molar-refractivity contribution in [3.05, 3.63) is 29.8 Å². The number of amides is 1. The van der Waals surface area contributed by atoms with Gasteiger partial charge in [-0.1, -0.05) is 39.3 Å². The first-order chi connectivity index (χ1) is 13.6. The predicted octanol–water partition coefficient (Wildman–Crippen LogP) is 2.00. The highest BCUT2D eigenvalue weighted by Crippen LogP contribution is 2.19. The van der Waals surface area contributed by atoms with Gasteiger partial charge in [0.25, 0.3) is 0 Å². The maximum Gasteiger partial charge on any atom is 0.243 e. The van der Waals surface area contributed by atoms with Gasteiger partial charge in [0.15, 0.2) is 0 Å². The molecule has 1 aromatic rings. The van der Waals surface area contributed by atoms with Crippen molar-refractivity contribution >= 4 is 15.9 Å². The van der Waals surface area contributed by atoms with Crippen molar-refractivity contribution in [3.8, 4) is 6.07 Å². The summed E-state index contributed by atoms with van der Waals surface area (Å²) in [4.78, 5) is 14.6. The highest BCUT2D eigenvalue weighted by Gasteiger charge is 2.32. The molecule has 29 heavy (non-hydrogen) atoms. The second-order valence-corrected chi connectivity index (χ2v) is 10.0. The Hall–Kier alpha value is -1.95. The minimum Gasteiger partial charge on any atom is -0.337 e. The molecule has 2 rings (SSSR count). The molecule has 8 heteroatoms. The Balaban J connectivity index is 1.92. The molecule has 1 aliphatic heterocycles. The van der Waals surface area contributed by atoms with E-state index in [0.717, 1.165) is 18.4 Å². The monoisotopic (exact) mass is 420 g/mol. The minimum absolute atomic E-state index is 0.0119. The number of aryl methyl sites for hydroxylation is 1.